The minimum atomic E-state index is -0.0544. The fraction of sp³-hybridized carbons (Fsp3) is 0.900. The smallest absolute Gasteiger partial charge is 0.140 e. The van der Waals surface area contributed by atoms with Crippen molar-refractivity contribution < 1.29 is 4.79 Å². The van der Waals surface area contributed by atoms with Crippen LogP contribution < -0.4 is 0 Å². The Labute approximate surface area is 95.9 Å². The lowest BCUT2D eigenvalue weighted by atomic mass is 9.70. The number of Topliss-reactive ketones (excluding diaryl/α,β-unsaturated/α-hetero) is 1. The number of carbonyl (C=O) groups excluding carboxylic acids is 1. The summed E-state index contributed by atoms with van der Waals surface area (Å²) in [6, 6.07) is 0. The second-order valence-corrected chi connectivity index (χ2v) is 5.75. The van der Waals surface area contributed by atoms with Gasteiger partial charge in [0.1, 0.15) is 5.78 Å². The van der Waals surface area contributed by atoms with Crippen LogP contribution in [0.3, 0.4) is 0 Å². The van der Waals surface area contributed by atoms with Crippen LogP contribution in [0, 0.1) is 16.7 Å². The van der Waals surface area contributed by atoms with Crippen LogP contribution >= 0.6 is 31.9 Å². The Morgan fingerprint density at radius 2 is 2.15 bits per heavy atom. The molecule has 2 rings (SSSR count). The van der Waals surface area contributed by atoms with E-state index in [0.717, 1.165) is 23.5 Å². The maximum Gasteiger partial charge on any atom is 0.140 e. The second kappa shape index (κ2) is 3.06. The Balaban J connectivity index is 2.45. The van der Waals surface area contributed by atoms with Crippen LogP contribution in [0.4, 0.5) is 0 Å². The number of halogens is 2. The molecule has 3 heteroatoms. The van der Waals surface area contributed by atoms with Gasteiger partial charge < -0.3 is 0 Å². The van der Waals surface area contributed by atoms with Crippen LogP contribution in [0.1, 0.15) is 26.2 Å². The summed E-state index contributed by atoms with van der Waals surface area (Å²) in [6.45, 7) is 2.27. The van der Waals surface area contributed by atoms with E-state index in [4.69, 9.17) is 0 Å². The minimum absolute atomic E-state index is 0.0544. The van der Waals surface area contributed by atoms with Gasteiger partial charge in [-0.15, -0.1) is 0 Å². The van der Waals surface area contributed by atoms with Crippen molar-refractivity contribution in [1.82, 2.24) is 0 Å². The van der Waals surface area contributed by atoms with Crippen LogP contribution in [0.2, 0.25) is 0 Å². The zero-order valence-corrected chi connectivity index (χ0v) is 10.9. The minimum Gasteiger partial charge on any atom is -0.299 e. The van der Waals surface area contributed by atoms with E-state index in [1.165, 1.54) is 6.42 Å². The molecular weight excluding hydrogens is 296 g/mol. The summed E-state index contributed by atoms with van der Waals surface area (Å²) < 4.78 is 0. The largest absolute Gasteiger partial charge is 0.299 e. The number of fused-ring (bicyclic) bond motifs is 2. The Hall–Kier alpha value is 0.630. The molecule has 74 valence electrons. The van der Waals surface area contributed by atoms with E-state index in [2.05, 4.69) is 38.8 Å². The lowest BCUT2D eigenvalue weighted by Gasteiger charge is -2.36. The van der Waals surface area contributed by atoms with E-state index < -0.39 is 0 Å². The molecule has 2 aliphatic carbocycles. The molecule has 0 aromatic rings. The predicted molar refractivity (Wildman–Crippen MR) is 60.5 cm³/mol. The van der Waals surface area contributed by atoms with Gasteiger partial charge in [-0.1, -0.05) is 38.8 Å². The molecule has 0 heterocycles. The molecule has 0 aliphatic heterocycles. The van der Waals surface area contributed by atoms with Gasteiger partial charge in [0, 0.05) is 22.5 Å². The van der Waals surface area contributed by atoms with Gasteiger partial charge in [-0.2, -0.15) is 0 Å². The summed E-state index contributed by atoms with van der Waals surface area (Å²) in [6.07, 6.45) is 3.14. The standard InChI is InChI=1S/C10H14Br2O/c1-9(5-11)7-2-3-10(9,6-12)8(13)4-7/h7H,2-6H2,1H3/t7-,9-,10-/m1/s1. The van der Waals surface area contributed by atoms with Crippen molar-refractivity contribution in [2.45, 2.75) is 26.2 Å². The SMILES string of the molecule is C[C@@]1(CBr)[C@@H]2CC[C@@]1(CBr)C(=O)C2. The molecule has 0 aromatic heterocycles. The third-order valence-electron chi connectivity index (χ3n) is 4.39. The molecule has 0 amide bonds. The van der Waals surface area contributed by atoms with Gasteiger partial charge in [-0.3, -0.25) is 4.79 Å². The monoisotopic (exact) mass is 308 g/mol. The van der Waals surface area contributed by atoms with E-state index in [-0.39, 0.29) is 10.8 Å². The number of hydrogen-bond acceptors (Lipinski definition) is 1. The van der Waals surface area contributed by atoms with Crippen LogP contribution in [-0.2, 0) is 4.79 Å². The highest BCUT2D eigenvalue weighted by molar-refractivity contribution is 9.09. The van der Waals surface area contributed by atoms with Gasteiger partial charge in [0.2, 0.25) is 0 Å². The van der Waals surface area contributed by atoms with Gasteiger partial charge in [0.15, 0.2) is 0 Å². The van der Waals surface area contributed by atoms with Crippen molar-refractivity contribution in [3.05, 3.63) is 0 Å². The highest BCUT2D eigenvalue weighted by Gasteiger charge is 2.65. The van der Waals surface area contributed by atoms with Gasteiger partial charge in [-0.25, -0.2) is 0 Å². The fourth-order valence-corrected chi connectivity index (χ4v) is 5.38. The number of carbonyl (C=O) groups is 1. The molecule has 2 bridgehead atoms. The highest BCUT2D eigenvalue weighted by Crippen LogP contribution is 2.65. The van der Waals surface area contributed by atoms with Gasteiger partial charge in [-0.05, 0) is 24.2 Å². The van der Waals surface area contributed by atoms with Crippen molar-refractivity contribution in [2.75, 3.05) is 10.7 Å². The maximum absolute atomic E-state index is 11.9. The molecule has 3 atom stereocenters. The third-order valence-corrected chi connectivity index (χ3v) is 6.51. The van der Waals surface area contributed by atoms with Gasteiger partial charge >= 0.3 is 0 Å². The Morgan fingerprint density at radius 1 is 1.46 bits per heavy atom. The quantitative estimate of drug-likeness (QED) is 0.716. The number of alkyl halides is 2. The van der Waals surface area contributed by atoms with E-state index in [1.54, 1.807) is 0 Å². The molecule has 1 nitrogen and oxygen atoms in total. The summed E-state index contributed by atoms with van der Waals surface area (Å²) >= 11 is 7.12. The number of hydrogen-bond donors (Lipinski definition) is 0. The lowest BCUT2D eigenvalue weighted by Crippen LogP contribution is -2.40. The zero-order valence-electron chi connectivity index (χ0n) is 7.78. The molecule has 0 N–H and O–H groups in total. The van der Waals surface area contributed by atoms with Crippen LogP contribution in [0.25, 0.3) is 0 Å². The molecule has 2 saturated carbocycles. The average Bonchev–Trinajstić information content (AvgIpc) is 2.53. The molecule has 0 saturated heterocycles. The Kier molecular flexibility index (Phi) is 2.39. The molecule has 0 spiro atoms. The van der Waals surface area contributed by atoms with Crippen LogP contribution in [-0.4, -0.2) is 16.4 Å². The highest BCUT2D eigenvalue weighted by atomic mass is 79.9. The topological polar surface area (TPSA) is 17.1 Å². The van der Waals surface area contributed by atoms with Crippen molar-refractivity contribution in [3.8, 4) is 0 Å². The summed E-state index contributed by atoms with van der Waals surface area (Å²) in [7, 11) is 0. The lowest BCUT2D eigenvalue weighted by molar-refractivity contribution is -0.127. The normalized spacial score (nSPS) is 48.8. The van der Waals surface area contributed by atoms with E-state index in [1.807, 2.05) is 0 Å². The summed E-state index contributed by atoms with van der Waals surface area (Å²) in [5, 5.41) is 1.80. The first-order chi connectivity index (χ1) is 6.10. The maximum atomic E-state index is 11.9. The van der Waals surface area contributed by atoms with Gasteiger partial charge in [0.25, 0.3) is 0 Å². The van der Waals surface area contributed by atoms with E-state index in [9.17, 15) is 4.79 Å². The average molecular weight is 310 g/mol. The van der Waals surface area contributed by atoms with Crippen LogP contribution in [0.15, 0.2) is 0 Å². The summed E-state index contributed by atoms with van der Waals surface area (Å²) in [4.78, 5) is 11.9. The van der Waals surface area contributed by atoms with Crippen molar-refractivity contribution >= 4 is 37.6 Å². The van der Waals surface area contributed by atoms with E-state index in [0.29, 0.717) is 11.7 Å². The molecule has 2 fully saturated rings. The molecule has 0 radical (unpaired) electrons. The first kappa shape index (κ1) is 10.2. The first-order valence-electron chi connectivity index (χ1n) is 4.76. The fourth-order valence-electron chi connectivity index (χ4n) is 3.15. The van der Waals surface area contributed by atoms with Crippen molar-refractivity contribution in [2.24, 2.45) is 16.7 Å². The van der Waals surface area contributed by atoms with E-state index >= 15 is 0 Å². The molecular formula is C10H14Br2O. The first-order valence-corrected chi connectivity index (χ1v) is 7.00. The Bertz CT molecular complexity index is 253. The molecule has 2 aliphatic rings. The summed E-state index contributed by atoms with van der Waals surface area (Å²) in [5.74, 6) is 1.11. The van der Waals surface area contributed by atoms with Crippen molar-refractivity contribution in [1.29, 1.82) is 0 Å². The summed E-state index contributed by atoms with van der Waals surface area (Å²) in [5.41, 5.74) is 0.148. The second-order valence-electron chi connectivity index (χ2n) is 4.63. The van der Waals surface area contributed by atoms with Crippen molar-refractivity contribution in [3.63, 3.8) is 0 Å². The number of rotatable bonds is 2. The Morgan fingerprint density at radius 3 is 2.54 bits per heavy atom. The molecule has 0 aromatic carbocycles. The number of ketones is 1. The van der Waals surface area contributed by atoms with Crippen LogP contribution in [0.5, 0.6) is 0 Å². The van der Waals surface area contributed by atoms with Gasteiger partial charge in [0.05, 0.1) is 0 Å². The zero-order chi connectivity index (χ0) is 9.69. The third kappa shape index (κ3) is 1.01. The molecule has 0 unspecified atom stereocenters. The predicted octanol–water partition coefficient (Wildman–Crippen LogP) is 3.15. The molecule has 13 heavy (non-hydrogen) atoms.